The number of aldehydes is 1. The number of anilines is 1. The fourth-order valence-electron chi connectivity index (χ4n) is 3.76. The number of Topliss-reactive ketones (excluding diaryl/α,β-unsaturated/α-hetero) is 1. The zero-order valence-corrected chi connectivity index (χ0v) is 21.9. The average molecular weight is 514 g/mol. The summed E-state index contributed by atoms with van der Waals surface area (Å²) in [6.07, 6.45) is 1.27. The summed E-state index contributed by atoms with van der Waals surface area (Å²) in [5.41, 5.74) is 6.12. The summed E-state index contributed by atoms with van der Waals surface area (Å²) in [4.78, 5) is 41.9. The molecule has 1 aliphatic rings. The predicted molar refractivity (Wildman–Crippen MR) is 129 cm³/mol. The van der Waals surface area contributed by atoms with E-state index in [4.69, 9.17) is 24.3 Å². The van der Waals surface area contributed by atoms with Crippen LogP contribution in [0.2, 0.25) is 0 Å². The van der Waals surface area contributed by atoms with Crippen molar-refractivity contribution >= 4 is 31.6 Å². The molecule has 2 rings (SSSR count). The van der Waals surface area contributed by atoms with Gasteiger partial charge in [0.25, 0.3) is 0 Å². The van der Waals surface area contributed by atoms with Gasteiger partial charge < -0.3 is 24.3 Å². The minimum absolute atomic E-state index is 0.0975. The molecular formula is C23H36N3O8P. The number of ketones is 1. The van der Waals surface area contributed by atoms with E-state index in [1.165, 1.54) is 14.2 Å². The maximum Gasteiger partial charge on any atom is 0.410 e. The zero-order chi connectivity index (χ0) is 26.2. The van der Waals surface area contributed by atoms with Crippen LogP contribution in [0.1, 0.15) is 62.1 Å². The van der Waals surface area contributed by atoms with Gasteiger partial charge in [0.05, 0.1) is 23.9 Å². The second kappa shape index (κ2) is 12.6. The molecule has 1 aliphatic heterocycles. The lowest BCUT2D eigenvalue weighted by Gasteiger charge is -2.28. The molecule has 1 aromatic rings. The molecule has 1 fully saturated rings. The summed E-state index contributed by atoms with van der Waals surface area (Å²) in [7, 11) is -0.895. The first kappa shape index (κ1) is 28.9. The monoisotopic (exact) mass is 513 g/mol. The van der Waals surface area contributed by atoms with Gasteiger partial charge in [-0.2, -0.15) is 0 Å². The van der Waals surface area contributed by atoms with Gasteiger partial charge in [-0.3, -0.25) is 19.1 Å². The molecule has 35 heavy (non-hydrogen) atoms. The van der Waals surface area contributed by atoms with Gasteiger partial charge in [0.15, 0.2) is 6.29 Å². The van der Waals surface area contributed by atoms with Crippen LogP contribution in [0.15, 0.2) is 12.1 Å². The van der Waals surface area contributed by atoms with E-state index in [9.17, 15) is 18.9 Å². The van der Waals surface area contributed by atoms with Gasteiger partial charge in [0, 0.05) is 33.8 Å². The number of carbonyl (C=O) groups excluding carboxylic acids is 3. The molecule has 2 heterocycles. The Labute approximate surface area is 206 Å². The lowest BCUT2D eigenvalue weighted by molar-refractivity contribution is -0.118. The Hall–Kier alpha value is -2.33. The summed E-state index contributed by atoms with van der Waals surface area (Å²) in [5.74, 6) is -0.0414. The summed E-state index contributed by atoms with van der Waals surface area (Å²) in [6.45, 7) is 6.42. The first-order chi connectivity index (χ1) is 16.4. The van der Waals surface area contributed by atoms with Gasteiger partial charge in [-0.25, -0.2) is 9.78 Å². The Morgan fingerprint density at radius 1 is 1.23 bits per heavy atom. The number of nitrogens with zero attached hydrogens (tertiary/aromatic N) is 2. The number of rotatable bonds is 12. The van der Waals surface area contributed by atoms with Gasteiger partial charge in [0.2, 0.25) is 0 Å². The van der Waals surface area contributed by atoms with Gasteiger partial charge in [-0.15, -0.1) is 0 Å². The fraction of sp³-hybridized carbons (Fsp3) is 0.652. The standard InChI is InChI=1S/C23H36N3O8P/c1-23(2,3)34-22(29)26-13-16(12-20(26)19-7-6-17(14-27)21(24)25-19)8-10-33-11-9-18(28)15-35(30,31-4)32-5/h6-7,14,16,20H,8-13,15H2,1-5H3,(H2,24,25)/t16-,20?/m1/s1. The number of carbonyl (C=O) groups is 3. The van der Waals surface area contributed by atoms with E-state index >= 15 is 0 Å². The predicted octanol–water partition coefficient (Wildman–Crippen LogP) is 3.63. The molecule has 0 bridgehead atoms. The normalized spacial score (nSPS) is 18.5. The van der Waals surface area contributed by atoms with Crippen molar-refractivity contribution in [3.05, 3.63) is 23.4 Å². The van der Waals surface area contributed by atoms with E-state index in [1.807, 2.05) is 0 Å². The SMILES string of the molecule is COP(=O)(CC(=O)CCOCC[C@@H]1CC(c2ccc(C=O)c(N)n2)N(C(=O)OC(C)(C)C)C1)OC. The van der Waals surface area contributed by atoms with E-state index in [2.05, 4.69) is 4.98 Å². The summed E-state index contributed by atoms with van der Waals surface area (Å²) in [5, 5.41) is 0. The van der Waals surface area contributed by atoms with Crippen LogP contribution in [-0.2, 0) is 27.9 Å². The quantitative estimate of drug-likeness (QED) is 0.250. The lowest BCUT2D eigenvalue weighted by atomic mass is 10.0. The minimum atomic E-state index is -3.38. The molecule has 1 unspecified atom stereocenters. The van der Waals surface area contributed by atoms with Crippen molar-refractivity contribution in [3.8, 4) is 0 Å². The second-order valence-electron chi connectivity index (χ2n) is 9.40. The number of aromatic nitrogens is 1. The van der Waals surface area contributed by atoms with Crippen LogP contribution >= 0.6 is 7.60 Å². The molecule has 0 aliphatic carbocycles. The summed E-state index contributed by atoms with van der Waals surface area (Å²) in [6, 6.07) is 2.94. The molecule has 1 saturated heterocycles. The molecule has 2 N–H and O–H groups in total. The average Bonchev–Trinajstić information content (AvgIpc) is 3.22. The van der Waals surface area contributed by atoms with Crippen molar-refractivity contribution in [2.24, 2.45) is 5.92 Å². The molecule has 11 nitrogen and oxygen atoms in total. The van der Waals surface area contributed by atoms with Crippen LogP contribution < -0.4 is 5.73 Å². The highest BCUT2D eigenvalue weighted by atomic mass is 31.2. The third-order valence-electron chi connectivity index (χ3n) is 5.59. The Morgan fingerprint density at radius 2 is 1.91 bits per heavy atom. The number of hydrogen-bond acceptors (Lipinski definition) is 10. The van der Waals surface area contributed by atoms with Crippen LogP contribution in [0.4, 0.5) is 10.6 Å². The summed E-state index contributed by atoms with van der Waals surface area (Å²) < 4.78 is 32.8. The maximum absolute atomic E-state index is 12.9. The van der Waals surface area contributed by atoms with Crippen molar-refractivity contribution in [1.29, 1.82) is 0 Å². The number of hydrogen-bond donors (Lipinski definition) is 1. The molecule has 0 radical (unpaired) electrons. The number of likely N-dealkylation sites (tertiary alicyclic amines) is 1. The van der Waals surface area contributed by atoms with Crippen molar-refractivity contribution < 1.29 is 37.5 Å². The maximum atomic E-state index is 12.9. The topological polar surface area (TPSA) is 147 Å². The fourth-order valence-corrected chi connectivity index (χ4v) is 4.76. The molecule has 0 aromatic carbocycles. The molecule has 2 atom stereocenters. The van der Waals surface area contributed by atoms with Crippen LogP contribution in [0.5, 0.6) is 0 Å². The highest BCUT2D eigenvalue weighted by Crippen LogP contribution is 2.46. The van der Waals surface area contributed by atoms with Crippen molar-refractivity contribution in [2.75, 3.05) is 45.9 Å². The molecule has 1 aromatic heterocycles. The number of ether oxygens (including phenoxy) is 2. The Morgan fingerprint density at radius 3 is 2.49 bits per heavy atom. The highest BCUT2D eigenvalue weighted by molar-refractivity contribution is 7.54. The number of nitrogens with two attached hydrogens (primary N) is 1. The Balaban J connectivity index is 1.95. The molecule has 12 heteroatoms. The van der Waals surface area contributed by atoms with Crippen molar-refractivity contribution in [1.82, 2.24) is 9.88 Å². The smallest absolute Gasteiger partial charge is 0.410 e. The number of amides is 1. The van der Waals surface area contributed by atoms with Gasteiger partial charge in [-0.1, -0.05) is 0 Å². The molecule has 0 spiro atoms. The molecule has 196 valence electrons. The van der Waals surface area contributed by atoms with Crippen LogP contribution in [0, 0.1) is 5.92 Å². The second-order valence-corrected chi connectivity index (χ2v) is 11.7. The molecule has 0 saturated carbocycles. The van der Waals surface area contributed by atoms with E-state index in [0.29, 0.717) is 43.5 Å². The van der Waals surface area contributed by atoms with Crippen LogP contribution in [-0.4, -0.2) is 73.8 Å². The van der Waals surface area contributed by atoms with Gasteiger partial charge in [-0.05, 0) is 51.7 Å². The largest absolute Gasteiger partial charge is 0.444 e. The number of nitrogen functional groups attached to an aromatic ring is 1. The van der Waals surface area contributed by atoms with E-state index < -0.39 is 19.3 Å². The van der Waals surface area contributed by atoms with Crippen molar-refractivity contribution in [3.63, 3.8) is 0 Å². The molecule has 1 amide bonds. The van der Waals surface area contributed by atoms with Gasteiger partial charge in [0.1, 0.15) is 23.4 Å². The van der Waals surface area contributed by atoms with E-state index in [1.54, 1.807) is 37.8 Å². The lowest BCUT2D eigenvalue weighted by Crippen LogP contribution is -2.37. The third-order valence-corrected chi connectivity index (χ3v) is 7.44. The first-order valence-electron chi connectivity index (χ1n) is 11.4. The van der Waals surface area contributed by atoms with Gasteiger partial charge >= 0.3 is 13.7 Å². The van der Waals surface area contributed by atoms with E-state index in [-0.39, 0.29) is 42.8 Å². The van der Waals surface area contributed by atoms with E-state index in [0.717, 1.165) is 0 Å². The van der Waals surface area contributed by atoms with Crippen LogP contribution in [0.3, 0.4) is 0 Å². The highest BCUT2D eigenvalue weighted by Gasteiger charge is 2.39. The van der Waals surface area contributed by atoms with Crippen molar-refractivity contribution in [2.45, 2.75) is 51.7 Å². The Kier molecular flexibility index (Phi) is 10.4. The molecular weight excluding hydrogens is 477 g/mol. The number of pyridine rings is 1. The van der Waals surface area contributed by atoms with Crippen LogP contribution in [0.25, 0.3) is 0 Å². The Bertz CT molecular complexity index is 941. The first-order valence-corrected chi connectivity index (χ1v) is 13.1. The minimum Gasteiger partial charge on any atom is -0.444 e. The summed E-state index contributed by atoms with van der Waals surface area (Å²) >= 11 is 0. The zero-order valence-electron chi connectivity index (χ0n) is 21.0. The third kappa shape index (κ3) is 8.68.